The van der Waals surface area contributed by atoms with Gasteiger partial charge in [-0.05, 0) is 12.0 Å². The van der Waals surface area contributed by atoms with E-state index in [1.165, 1.54) is 4.52 Å². The second-order valence-electron chi connectivity index (χ2n) is 4.80. The third-order valence-corrected chi connectivity index (χ3v) is 3.14. The highest BCUT2D eigenvalue weighted by molar-refractivity contribution is 5.30. The SMILES string of the molecule is CCCc1nc2nc(Cc3ccccc3)cc(=O)n2[nH]1. The quantitative estimate of drug-likeness (QED) is 0.786. The molecule has 2 aromatic heterocycles. The van der Waals surface area contributed by atoms with Gasteiger partial charge < -0.3 is 0 Å². The van der Waals surface area contributed by atoms with Gasteiger partial charge in [0.15, 0.2) is 0 Å². The molecule has 102 valence electrons. The number of hydrogen-bond donors (Lipinski definition) is 1. The van der Waals surface area contributed by atoms with Gasteiger partial charge in [-0.15, -0.1) is 0 Å². The van der Waals surface area contributed by atoms with Crippen LogP contribution in [0.25, 0.3) is 5.78 Å². The Bertz CT molecular complexity index is 773. The van der Waals surface area contributed by atoms with Crippen LogP contribution >= 0.6 is 0 Å². The number of nitrogens with one attached hydrogen (secondary N) is 1. The maximum atomic E-state index is 12.1. The third-order valence-electron chi connectivity index (χ3n) is 3.14. The zero-order chi connectivity index (χ0) is 13.9. The molecule has 0 fully saturated rings. The predicted octanol–water partition coefficient (Wildman–Crippen LogP) is 1.96. The average molecular weight is 268 g/mol. The minimum Gasteiger partial charge on any atom is -0.275 e. The molecule has 1 aromatic carbocycles. The van der Waals surface area contributed by atoms with Crippen LogP contribution in [0.3, 0.4) is 0 Å². The molecule has 0 amide bonds. The van der Waals surface area contributed by atoms with E-state index in [0.29, 0.717) is 12.2 Å². The lowest BCUT2D eigenvalue weighted by Crippen LogP contribution is -2.16. The summed E-state index contributed by atoms with van der Waals surface area (Å²) in [6.45, 7) is 2.07. The molecule has 0 radical (unpaired) electrons. The summed E-state index contributed by atoms with van der Waals surface area (Å²) >= 11 is 0. The first-order valence-electron chi connectivity index (χ1n) is 6.78. The molecule has 3 aromatic rings. The Morgan fingerprint density at radius 3 is 2.75 bits per heavy atom. The molecular weight excluding hydrogens is 252 g/mol. The Balaban J connectivity index is 1.99. The summed E-state index contributed by atoms with van der Waals surface area (Å²) < 4.78 is 1.40. The number of H-pyrrole nitrogens is 1. The first-order chi connectivity index (χ1) is 9.76. The highest BCUT2D eigenvalue weighted by Crippen LogP contribution is 2.06. The molecule has 0 atom stereocenters. The Morgan fingerprint density at radius 2 is 2.00 bits per heavy atom. The van der Waals surface area contributed by atoms with Crippen LogP contribution in [-0.2, 0) is 12.8 Å². The van der Waals surface area contributed by atoms with E-state index in [4.69, 9.17) is 0 Å². The maximum absolute atomic E-state index is 12.1. The van der Waals surface area contributed by atoms with Gasteiger partial charge in [0.2, 0.25) is 0 Å². The molecule has 0 aliphatic heterocycles. The Labute approximate surface area is 116 Å². The summed E-state index contributed by atoms with van der Waals surface area (Å²) in [7, 11) is 0. The Kier molecular flexibility index (Phi) is 3.33. The highest BCUT2D eigenvalue weighted by atomic mass is 16.1. The molecule has 5 heteroatoms. The van der Waals surface area contributed by atoms with Crippen LogP contribution in [0.2, 0.25) is 0 Å². The Hall–Kier alpha value is -2.43. The molecular formula is C15H16N4O. The number of aromatic nitrogens is 4. The van der Waals surface area contributed by atoms with E-state index in [9.17, 15) is 4.79 Å². The molecule has 3 rings (SSSR count). The van der Waals surface area contributed by atoms with Crippen molar-refractivity contribution in [2.45, 2.75) is 26.2 Å². The fraction of sp³-hybridized carbons (Fsp3) is 0.267. The van der Waals surface area contributed by atoms with E-state index in [0.717, 1.165) is 29.9 Å². The minimum atomic E-state index is -0.115. The second-order valence-corrected chi connectivity index (χ2v) is 4.80. The number of benzene rings is 1. The zero-order valence-electron chi connectivity index (χ0n) is 11.3. The minimum absolute atomic E-state index is 0.115. The summed E-state index contributed by atoms with van der Waals surface area (Å²) in [6, 6.07) is 11.5. The van der Waals surface area contributed by atoms with Gasteiger partial charge in [-0.1, -0.05) is 37.3 Å². The first kappa shape index (κ1) is 12.6. The summed E-state index contributed by atoms with van der Waals surface area (Å²) in [6.07, 6.45) is 2.44. The van der Waals surface area contributed by atoms with Gasteiger partial charge >= 0.3 is 0 Å². The summed E-state index contributed by atoms with van der Waals surface area (Å²) in [5, 5.41) is 2.99. The largest absolute Gasteiger partial charge is 0.275 e. The number of aromatic amines is 1. The molecule has 0 bridgehead atoms. The number of nitrogens with zero attached hydrogens (tertiary/aromatic N) is 3. The van der Waals surface area contributed by atoms with E-state index in [1.54, 1.807) is 6.07 Å². The van der Waals surface area contributed by atoms with Crippen molar-refractivity contribution < 1.29 is 0 Å². The van der Waals surface area contributed by atoms with Gasteiger partial charge in [0.25, 0.3) is 11.3 Å². The fourth-order valence-electron chi connectivity index (χ4n) is 2.22. The summed E-state index contributed by atoms with van der Waals surface area (Å²) in [4.78, 5) is 20.9. The van der Waals surface area contributed by atoms with Crippen LogP contribution in [0.5, 0.6) is 0 Å². The summed E-state index contributed by atoms with van der Waals surface area (Å²) in [5.74, 6) is 1.25. The van der Waals surface area contributed by atoms with Crippen LogP contribution in [0.4, 0.5) is 0 Å². The lowest BCUT2D eigenvalue weighted by molar-refractivity contribution is 0.803. The monoisotopic (exact) mass is 268 g/mol. The molecule has 0 unspecified atom stereocenters. The standard InChI is InChI=1S/C15H16N4O/c1-2-6-13-17-15-16-12(10-14(20)19(15)18-13)9-11-7-4-3-5-8-11/h3-5,7-8,10H,2,6,9H2,1H3,(H,16,17,18). The van der Waals surface area contributed by atoms with Crippen molar-refractivity contribution in [3.05, 3.63) is 63.8 Å². The van der Waals surface area contributed by atoms with Crippen LogP contribution in [0, 0.1) is 0 Å². The van der Waals surface area contributed by atoms with Crippen LogP contribution in [0.15, 0.2) is 41.2 Å². The first-order valence-corrected chi connectivity index (χ1v) is 6.78. The average Bonchev–Trinajstić information content (AvgIpc) is 2.83. The van der Waals surface area contributed by atoms with Gasteiger partial charge in [0.1, 0.15) is 5.82 Å². The van der Waals surface area contributed by atoms with Crippen LogP contribution in [-0.4, -0.2) is 19.6 Å². The van der Waals surface area contributed by atoms with Crippen molar-refractivity contribution in [3.63, 3.8) is 0 Å². The molecule has 1 N–H and O–H groups in total. The van der Waals surface area contributed by atoms with Gasteiger partial charge in [-0.3, -0.25) is 9.89 Å². The summed E-state index contributed by atoms with van der Waals surface area (Å²) in [5.41, 5.74) is 1.76. The molecule has 20 heavy (non-hydrogen) atoms. The molecule has 0 aliphatic carbocycles. The highest BCUT2D eigenvalue weighted by Gasteiger charge is 2.08. The van der Waals surface area contributed by atoms with Crippen LogP contribution < -0.4 is 5.56 Å². The van der Waals surface area contributed by atoms with Gasteiger partial charge in [-0.25, -0.2) is 4.98 Å². The third kappa shape index (κ3) is 2.47. The van der Waals surface area contributed by atoms with E-state index < -0.39 is 0 Å². The molecule has 0 saturated carbocycles. The van der Waals surface area contributed by atoms with Gasteiger partial charge in [0.05, 0.1) is 5.69 Å². The maximum Gasteiger partial charge on any atom is 0.274 e. The fourth-order valence-corrected chi connectivity index (χ4v) is 2.22. The normalized spacial score (nSPS) is 11.1. The van der Waals surface area contributed by atoms with E-state index in [1.807, 2.05) is 30.3 Å². The van der Waals surface area contributed by atoms with E-state index >= 15 is 0 Å². The van der Waals surface area contributed by atoms with Crippen molar-refractivity contribution >= 4 is 5.78 Å². The lowest BCUT2D eigenvalue weighted by atomic mass is 10.1. The van der Waals surface area contributed by atoms with Crippen molar-refractivity contribution in [2.75, 3.05) is 0 Å². The van der Waals surface area contributed by atoms with Gasteiger partial charge in [-0.2, -0.15) is 9.50 Å². The van der Waals surface area contributed by atoms with Gasteiger partial charge in [0, 0.05) is 18.9 Å². The smallest absolute Gasteiger partial charge is 0.274 e. The lowest BCUT2D eigenvalue weighted by Gasteiger charge is -2.00. The zero-order valence-corrected chi connectivity index (χ0v) is 11.3. The number of hydrogen-bond acceptors (Lipinski definition) is 3. The molecule has 0 aliphatic rings. The number of fused-ring (bicyclic) bond motifs is 1. The molecule has 0 spiro atoms. The molecule has 0 saturated heterocycles. The van der Waals surface area contributed by atoms with Crippen molar-refractivity contribution in [1.82, 2.24) is 19.6 Å². The van der Waals surface area contributed by atoms with Crippen molar-refractivity contribution in [1.29, 1.82) is 0 Å². The predicted molar refractivity (Wildman–Crippen MR) is 76.9 cm³/mol. The van der Waals surface area contributed by atoms with E-state index in [2.05, 4.69) is 22.0 Å². The van der Waals surface area contributed by atoms with E-state index in [-0.39, 0.29) is 5.56 Å². The topological polar surface area (TPSA) is 63.1 Å². The number of rotatable bonds is 4. The van der Waals surface area contributed by atoms with Crippen LogP contribution in [0.1, 0.15) is 30.4 Å². The molecule has 2 heterocycles. The second kappa shape index (κ2) is 5.28. The Morgan fingerprint density at radius 1 is 1.20 bits per heavy atom. The van der Waals surface area contributed by atoms with Crippen molar-refractivity contribution in [3.8, 4) is 0 Å². The number of aryl methyl sites for hydroxylation is 1. The molecule has 5 nitrogen and oxygen atoms in total. The van der Waals surface area contributed by atoms with Crippen molar-refractivity contribution in [2.24, 2.45) is 0 Å².